The molecule has 0 radical (unpaired) electrons. The number of carbonyl (C=O) groups is 1. The summed E-state index contributed by atoms with van der Waals surface area (Å²) in [7, 11) is -3.69. The first-order chi connectivity index (χ1) is 14.3. The van der Waals surface area contributed by atoms with Crippen molar-refractivity contribution < 1.29 is 17.9 Å². The van der Waals surface area contributed by atoms with Crippen molar-refractivity contribution in [2.75, 3.05) is 18.4 Å². The zero-order chi connectivity index (χ0) is 21.7. The minimum Gasteiger partial charge on any atom is -0.490 e. The van der Waals surface area contributed by atoms with Crippen LogP contribution in [0.2, 0.25) is 5.02 Å². The number of hydrogen-bond acceptors (Lipinski definition) is 4. The molecule has 1 fully saturated rings. The quantitative estimate of drug-likeness (QED) is 0.617. The van der Waals surface area contributed by atoms with Gasteiger partial charge in [0.25, 0.3) is 5.91 Å². The lowest BCUT2D eigenvalue weighted by molar-refractivity contribution is 0.102. The summed E-state index contributed by atoms with van der Waals surface area (Å²) in [5.41, 5.74) is 0.683. The van der Waals surface area contributed by atoms with E-state index >= 15 is 0 Å². The SMILES string of the molecule is CCN(CC)S(=O)(=O)c1ccc(Cl)c(C(=O)Nc2ccc(OC3CCCC3)cc2)c1. The van der Waals surface area contributed by atoms with Crippen molar-refractivity contribution in [3.05, 3.63) is 53.1 Å². The topological polar surface area (TPSA) is 75.7 Å². The van der Waals surface area contributed by atoms with Gasteiger partial charge in [0.1, 0.15) is 5.75 Å². The average Bonchev–Trinajstić information content (AvgIpc) is 3.23. The average molecular weight is 451 g/mol. The third kappa shape index (κ3) is 5.14. The van der Waals surface area contributed by atoms with Crippen LogP contribution in [0, 0.1) is 0 Å². The number of amides is 1. The minimum absolute atomic E-state index is 0.0426. The smallest absolute Gasteiger partial charge is 0.257 e. The molecule has 1 N–H and O–H groups in total. The maximum absolute atomic E-state index is 12.8. The fraction of sp³-hybridized carbons (Fsp3) is 0.409. The van der Waals surface area contributed by atoms with E-state index in [9.17, 15) is 13.2 Å². The van der Waals surface area contributed by atoms with Crippen LogP contribution in [0.25, 0.3) is 0 Å². The highest BCUT2D eigenvalue weighted by molar-refractivity contribution is 7.89. The fourth-order valence-corrected chi connectivity index (χ4v) is 5.25. The summed E-state index contributed by atoms with van der Waals surface area (Å²) in [4.78, 5) is 12.8. The lowest BCUT2D eigenvalue weighted by atomic mass is 10.2. The molecule has 3 rings (SSSR count). The molecule has 0 aliphatic heterocycles. The number of nitrogens with one attached hydrogen (secondary N) is 1. The maximum atomic E-state index is 12.8. The zero-order valence-corrected chi connectivity index (χ0v) is 18.8. The van der Waals surface area contributed by atoms with Gasteiger partial charge in [0, 0.05) is 18.8 Å². The van der Waals surface area contributed by atoms with Gasteiger partial charge in [-0.3, -0.25) is 4.79 Å². The molecule has 1 saturated carbocycles. The van der Waals surface area contributed by atoms with E-state index in [1.165, 1.54) is 35.3 Å². The Kier molecular flexibility index (Phi) is 7.39. The van der Waals surface area contributed by atoms with Gasteiger partial charge in [-0.05, 0) is 68.1 Å². The lowest BCUT2D eigenvalue weighted by Crippen LogP contribution is -2.30. The molecule has 8 heteroatoms. The van der Waals surface area contributed by atoms with E-state index in [-0.39, 0.29) is 21.6 Å². The van der Waals surface area contributed by atoms with Gasteiger partial charge in [0.05, 0.1) is 21.6 Å². The second kappa shape index (κ2) is 9.81. The number of anilines is 1. The molecule has 2 aromatic rings. The molecule has 2 aromatic carbocycles. The number of benzene rings is 2. The Morgan fingerprint density at radius 2 is 1.73 bits per heavy atom. The van der Waals surface area contributed by atoms with E-state index in [0.29, 0.717) is 18.8 Å². The predicted molar refractivity (Wildman–Crippen MR) is 119 cm³/mol. The second-order valence-corrected chi connectivity index (χ2v) is 9.58. The minimum atomic E-state index is -3.69. The third-order valence-electron chi connectivity index (χ3n) is 5.24. The highest BCUT2D eigenvalue weighted by Gasteiger charge is 2.24. The van der Waals surface area contributed by atoms with Crippen molar-refractivity contribution in [2.24, 2.45) is 0 Å². The molecular weight excluding hydrogens is 424 g/mol. The summed E-state index contributed by atoms with van der Waals surface area (Å²) in [6.45, 7) is 4.23. The molecule has 0 saturated heterocycles. The Labute approximate surface area is 183 Å². The van der Waals surface area contributed by atoms with Crippen LogP contribution in [0.15, 0.2) is 47.4 Å². The third-order valence-corrected chi connectivity index (χ3v) is 7.62. The summed E-state index contributed by atoms with van der Waals surface area (Å²) in [5, 5.41) is 2.96. The Hall–Kier alpha value is -2.09. The van der Waals surface area contributed by atoms with Crippen molar-refractivity contribution in [2.45, 2.75) is 50.5 Å². The van der Waals surface area contributed by atoms with E-state index in [1.54, 1.807) is 26.0 Å². The first-order valence-corrected chi connectivity index (χ1v) is 12.0. The summed E-state index contributed by atoms with van der Waals surface area (Å²) in [6, 6.07) is 11.3. The van der Waals surface area contributed by atoms with Gasteiger partial charge in [-0.1, -0.05) is 25.4 Å². The van der Waals surface area contributed by atoms with Gasteiger partial charge >= 0.3 is 0 Å². The number of nitrogens with zero attached hydrogens (tertiary/aromatic N) is 1. The molecule has 6 nitrogen and oxygen atoms in total. The molecule has 1 amide bonds. The van der Waals surface area contributed by atoms with Crippen molar-refractivity contribution in [1.82, 2.24) is 4.31 Å². The Bertz CT molecular complexity index is 983. The molecule has 0 bridgehead atoms. The van der Waals surface area contributed by atoms with E-state index in [4.69, 9.17) is 16.3 Å². The molecule has 0 unspecified atom stereocenters. The normalized spacial score (nSPS) is 14.8. The number of carbonyl (C=O) groups excluding carboxylic acids is 1. The molecule has 30 heavy (non-hydrogen) atoms. The summed E-state index contributed by atoms with van der Waals surface area (Å²) < 4.78 is 32.8. The zero-order valence-electron chi connectivity index (χ0n) is 17.2. The maximum Gasteiger partial charge on any atom is 0.257 e. The molecule has 1 aliphatic rings. The van der Waals surface area contributed by atoms with Gasteiger partial charge < -0.3 is 10.1 Å². The molecule has 0 heterocycles. The first-order valence-electron chi connectivity index (χ1n) is 10.2. The Morgan fingerprint density at radius 3 is 2.33 bits per heavy atom. The van der Waals surface area contributed by atoms with Gasteiger partial charge in [0.15, 0.2) is 0 Å². The molecule has 0 spiro atoms. The number of halogens is 1. The number of hydrogen-bond donors (Lipinski definition) is 1. The van der Waals surface area contributed by atoms with Crippen molar-refractivity contribution in [3.8, 4) is 5.75 Å². The highest BCUT2D eigenvalue weighted by Crippen LogP contribution is 2.26. The summed E-state index contributed by atoms with van der Waals surface area (Å²) in [5.74, 6) is 0.298. The number of sulfonamides is 1. The van der Waals surface area contributed by atoms with E-state index in [1.807, 2.05) is 12.1 Å². The van der Waals surface area contributed by atoms with Crippen LogP contribution in [0.3, 0.4) is 0 Å². The van der Waals surface area contributed by atoms with Crippen LogP contribution in [0.4, 0.5) is 5.69 Å². The molecule has 162 valence electrons. The molecule has 0 aromatic heterocycles. The van der Waals surface area contributed by atoms with Crippen LogP contribution >= 0.6 is 11.6 Å². The van der Waals surface area contributed by atoms with Crippen LogP contribution in [-0.4, -0.2) is 37.8 Å². The van der Waals surface area contributed by atoms with Crippen LogP contribution < -0.4 is 10.1 Å². The lowest BCUT2D eigenvalue weighted by Gasteiger charge is -2.19. The summed E-state index contributed by atoms with van der Waals surface area (Å²) >= 11 is 6.19. The summed E-state index contributed by atoms with van der Waals surface area (Å²) in [6.07, 6.45) is 4.80. The second-order valence-electron chi connectivity index (χ2n) is 7.23. The van der Waals surface area contributed by atoms with Crippen molar-refractivity contribution in [3.63, 3.8) is 0 Å². The Morgan fingerprint density at radius 1 is 1.10 bits per heavy atom. The van der Waals surface area contributed by atoms with Crippen LogP contribution in [0.1, 0.15) is 49.9 Å². The van der Waals surface area contributed by atoms with Crippen LogP contribution in [-0.2, 0) is 10.0 Å². The van der Waals surface area contributed by atoms with Gasteiger partial charge in [-0.25, -0.2) is 8.42 Å². The molecule has 0 atom stereocenters. The van der Waals surface area contributed by atoms with Crippen molar-refractivity contribution in [1.29, 1.82) is 0 Å². The Balaban J connectivity index is 1.75. The molecular formula is C22H27ClN2O4S. The monoisotopic (exact) mass is 450 g/mol. The van der Waals surface area contributed by atoms with Gasteiger partial charge in [-0.2, -0.15) is 4.31 Å². The highest BCUT2D eigenvalue weighted by atomic mass is 35.5. The fourth-order valence-electron chi connectivity index (χ4n) is 3.57. The number of ether oxygens (including phenoxy) is 1. The van der Waals surface area contributed by atoms with E-state index in [2.05, 4.69) is 5.32 Å². The standard InChI is InChI=1S/C22H27ClN2O4S/c1-3-25(4-2)30(27,28)19-13-14-21(23)20(15-19)22(26)24-16-9-11-18(12-10-16)29-17-7-5-6-8-17/h9-15,17H,3-8H2,1-2H3,(H,24,26). The van der Waals surface area contributed by atoms with Crippen molar-refractivity contribution >= 4 is 33.2 Å². The number of rotatable bonds is 8. The van der Waals surface area contributed by atoms with E-state index in [0.717, 1.165) is 18.6 Å². The van der Waals surface area contributed by atoms with E-state index < -0.39 is 15.9 Å². The first kappa shape index (κ1) is 22.6. The predicted octanol–water partition coefficient (Wildman–Crippen LogP) is 4.94. The molecule has 1 aliphatic carbocycles. The van der Waals surface area contributed by atoms with Gasteiger partial charge in [0.2, 0.25) is 10.0 Å². The van der Waals surface area contributed by atoms with Gasteiger partial charge in [-0.15, -0.1) is 0 Å². The largest absolute Gasteiger partial charge is 0.490 e. The van der Waals surface area contributed by atoms with Crippen LogP contribution in [0.5, 0.6) is 5.75 Å².